The van der Waals surface area contributed by atoms with E-state index in [0.717, 1.165) is 12.1 Å². The summed E-state index contributed by atoms with van der Waals surface area (Å²) in [4.78, 5) is 0. The van der Waals surface area contributed by atoms with Crippen LogP contribution in [0.5, 0.6) is 0 Å². The smallest absolute Gasteiger partial charge is 0.159 e. The van der Waals surface area contributed by atoms with Crippen molar-refractivity contribution in [2.45, 2.75) is 71.4 Å². The molecule has 2 atom stereocenters. The molecule has 0 aliphatic carbocycles. The summed E-state index contributed by atoms with van der Waals surface area (Å²) in [6.07, 6.45) is 4.32. The highest BCUT2D eigenvalue weighted by Gasteiger charge is 2.28. The van der Waals surface area contributed by atoms with E-state index in [-0.39, 0.29) is 9.84 Å². The van der Waals surface area contributed by atoms with Gasteiger partial charge in [0, 0.05) is 12.1 Å². The van der Waals surface area contributed by atoms with Crippen molar-refractivity contribution in [3.8, 4) is 0 Å². The summed E-state index contributed by atoms with van der Waals surface area (Å²) in [5.41, 5.74) is 0. The van der Waals surface area contributed by atoms with Gasteiger partial charge in [-0.25, -0.2) is 0 Å². The Balaban J connectivity index is 2.61. The molecule has 1 aliphatic heterocycles. The third-order valence-corrected chi connectivity index (χ3v) is 17.5. The third kappa shape index (κ3) is 3.80. The van der Waals surface area contributed by atoms with Crippen LogP contribution in [0, 0.1) is 0 Å². The maximum Gasteiger partial charge on any atom is 0.159 e. The molecule has 2 nitrogen and oxygen atoms in total. The van der Waals surface area contributed by atoms with Crippen molar-refractivity contribution in [2.75, 3.05) is 0 Å². The average Bonchev–Trinajstić information content (AvgIpc) is 2.15. The van der Waals surface area contributed by atoms with E-state index < -0.39 is 17.9 Å². The summed E-state index contributed by atoms with van der Waals surface area (Å²) < 4.78 is 5.90. The number of hydrogen-bond acceptors (Lipinski definition) is 2. The first-order valence-corrected chi connectivity index (χ1v) is 13.9. The minimum atomic E-state index is -0.554. The standard InChI is InChI=1S/C11H30N2Si3/c1-10-8-7-9-11(2)12(10)14-13(15(3)4)16(5)6/h10-11,15-16H,7-9,14H2,1-6H3. The minimum Gasteiger partial charge on any atom is -0.366 e. The fraction of sp³-hybridized carbons (Fsp3) is 1.00. The Morgan fingerprint density at radius 3 is 1.81 bits per heavy atom. The second-order valence-corrected chi connectivity index (χ2v) is 15.5. The summed E-state index contributed by atoms with van der Waals surface area (Å²) in [5.74, 6) is 0. The van der Waals surface area contributed by atoms with Crippen LogP contribution in [0.15, 0.2) is 0 Å². The van der Waals surface area contributed by atoms with Gasteiger partial charge in [-0.3, -0.25) is 0 Å². The van der Waals surface area contributed by atoms with Crippen molar-refractivity contribution in [1.82, 2.24) is 8.46 Å². The Morgan fingerprint density at radius 1 is 1.00 bits per heavy atom. The van der Waals surface area contributed by atoms with E-state index >= 15 is 0 Å². The van der Waals surface area contributed by atoms with Crippen LogP contribution in [0.2, 0.25) is 26.2 Å². The third-order valence-electron chi connectivity index (χ3n) is 4.03. The molecule has 2 unspecified atom stereocenters. The lowest BCUT2D eigenvalue weighted by molar-refractivity contribution is 0.201. The first-order chi connectivity index (χ1) is 7.43. The van der Waals surface area contributed by atoms with E-state index in [2.05, 4.69) is 48.5 Å². The molecular formula is C11H30N2Si3. The summed E-state index contributed by atoms with van der Waals surface area (Å²) in [6.45, 7) is 15.0. The molecule has 0 spiro atoms. The fourth-order valence-electron chi connectivity index (χ4n) is 2.86. The van der Waals surface area contributed by atoms with Gasteiger partial charge in [-0.2, -0.15) is 0 Å². The van der Waals surface area contributed by atoms with Gasteiger partial charge in [-0.05, 0) is 12.8 Å². The molecule has 1 saturated heterocycles. The Hall–Kier alpha value is 0.571. The fourth-order valence-corrected chi connectivity index (χ4v) is 12.7. The van der Waals surface area contributed by atoms with Crippen LogP contribution in [-0.2, 0) is 0 Å². The number of piperidine rings is 1. The molecule has 0 aromatic carbocycles. The van der Waals surface area contributed by atoms with Crippen LogP contribution in [0.1, 0.15) is 33.1 Å². The second kappa shape index (κ2) is 6.49. The van der Waals surface area contributed by atoms with Crippen LogP contribution < -0.4 is 0 Å². The molecular weight excluding hydrogens is 244 g/mol. The maximum atomic E-state index is 3.01. The predicted molar refractivity (Wildman–Crippen MR) is 82.8 cm³/mol. The molecule has 1 heterocycles. The molecule has 1 rings (SSSR count). The van der Waals surface area contributed by atoms with Crippen LogP contribution >= 0.6 is 0 Å². The van der Waals surface area contributed by atoms with Crippen molar-refractivity contribution in [1.29, 1.82) is 0 Å². The maximum absolute atomic E-state index is 3.01. The van der Waals surface area contributed by atoms with Gasteiger partial charge in [0.05, 0.1) is 17.9 Å². The molecule has 0 bridgehead atoms. The Kier molecular flexibility index (Phi) is 5.93. The number of rotatable bonds is 4. The van der Waals surface area contributed by atoms with Gasteiger partial charge in [0.25, 0.3) is 0 Å². The highest BCUT2D eigenvalue weighted by molar-refractivity contribution is 6.79. The van der Waals surface area contributed by atoms with Crippen LogP contribution in [0.25, 0.3) is 0 Å². The summed E-state index contributed by atoms with van der Waals surface area (Å²) in [6, 6.07) is 1.72. The van der Waals surface area contributed by atoms with Gasteiger partial charge < -0.3 is 8.46 Å². The largest absolute Gasteiger partial charge is 0.366 e. The molecule has 0 aromatic rings. The zero-order valence-electron chi connectivity index (χ0n) is 12.0. The van der Waals surface area contributed by atoms with Gasteiger partial charge >= 0.3 is 0 Å². The van der Waals surface area contributed by atoms with E-state index in [1.165, 1.54) is 19.3 Å². The first-order valence-electron chi connectivity index (χ1n) is 6.95. The lowest BCUT2D eigenvalue weighted by Gasteiger charge is -2.44. The highest BCUT2D eigenvalue weighted by Crippen LogP contribution is 2.22. The minimum absolute atomic E-state index is 0.120. The first kappa shape index (κ1) is 14.6. The van der Waals surface area contributed by atoms with E-state index in [1.54, 1.807) is 0 Å². The summed E-state index contributed by atoms with van der Waals surface area (Å²) >= 11 is 0. The van der Waals surface area contributed by atoms with E-state index in [4.69, 9.17) is 0 Å². The molecule has 0 N–H and O–H groups in total. The van der Waals surface area contributed by atoms with Crippen molar-refractivity contribution < 1.29 is 0 Å². The normalized spacial score (nSPS) is 29.1. The topological polar surface area (TPSA) is 6.48 Å². The monoisotopic (exact) mass is 274 g/mol. The quantitative estimate of drug-likeness (QED) is 0.717. The molecule has 1 fully saturated rings. The van der Waals surface area contributed by atoms with Crippen molar-refractivity contribution in [3.63, 3.8) is 0 Å². The van der Waals surface area contributed by atoms with E-state index in [1.807, 2.05) is 0 Å². The molecule has 5 heteroatoms. The van der Waals surface area contributed by atoms with Gasteiger partial charge in [0.1, 0.15) is 0 Å². The molecule has 0 amide bonds. The molecule has 0 saturated carbocycles. The van der Waals surface area contributed by atoms with Crippen LogP contribution in [-0.4, -0.2) is 48.3 Å². The Labute approximate surface area is 108 Å². The zero-order chi connectivity index (χ0) is 12.3. The van der Waals surface area contributed by atoms with E-state index in [9.17, 15) is 0 Å². The Bertz CT molecular complexity index is 193. The van der Waals surface area contributed by atoms with Crippen molar-refractivity contribution in [2.24, 2.45) is 0 Å². The van der Waals surface area contributed by atoms with Crippen molar-refractivity contribution in [3.05, 3.63) is 0 Å². The highest BCUT2D eigenvalue weighted by atomic mass is 28.4. The van der Waals surface area contributed by atoms with Crippen LogP contribution in [0.4, 0.5) is 0 Å². The SMILES string of the molecule is CC1CCCC(C)N1[SiH2]N([SiH](C)C)[SiH](C)C. The average molecular weight is 275 g/mol. The van der Waals surface area contributed by atoms with Crippen molar-refractivity contribution >= 4 is 27.8 Å². The molecule has 96 valence electrons. The van der Waals surface area contributed by atoms with Gasteiger partial charge in [-0.15, -0.1) is 0 Å². The summed E-state index contributed by atoms with van der Waals surface area (Å²) in [5, 5.41) is 0. The van der Waals surface area contributed by atoms with E-state index in [0.29, 0.717) is 0 Å². The van der Waals surface area contributed by atoms with Gasteiger partial charge in [-0.1, -0.05) is 46.5 Å². The van der Waals surface area contributed by atoms with Gasteiger partial charge in [0.2, 0.25) is 0 Å². The van der Waals surface area contributed by atoms with Crippen LogP contribution in [0.3, 0.4) is 0 Å². The Morgan fingerprint density at radius 2 is 1.44 bits per heavy atom. The lowest BCUT2D eigenvalue weighted by Crippen LogP contribution is -2.57. The lowest BCUT2D eigenvalue weighted by atomic mass is 10.0. The molecule has 16 heavy (non-hydrogen) atoms. The molecule has 0 radical (unpaired) electrons. The molecule has 0 aromatic heterocycles. The number of hydrogen-bond donors (Lipinski definition) is 0. The zero-order valence-corrected chi connectivity index (χ0v) is 15.8. The summed E-state index contributed by atoms with van der Waals surface area (Å²) in [7, 11) is -1.23. The molecule has 1 aliphatic rings. The van der Waals surface area contributed by atoms with Gasteiger partial charge in [0.15, 0.2) is 9.84 Å². The number of nitrogens with zero attached hydrogens (tertiary/aromatic N) is 2. The predicted octanol–water partition coefficient (Wildman–Crippen LogP) is 1.52. The second-order valence-electron chi connectivity index (χ2n) is 5.99.